The number of hydrogen-bond donors (Lipinski definition) is 1. The van der Waals surface area contributed by atoms with Gasteiger partial charge in [0.2, 0.25) is 5.91 Å². The number of methoxy groups -OCH3 is 2. The van der Waals surface area contributed by atoms with Gasteiger partial charge in [0.05, 0.1) is 25.0 Å². The van der Waals surface area contributed by atoms with Crippen molar-refractivity contribution in [3.63, 3.8) is 0 Å². The molecule has 0 aliphatic rings. The third-order valence-corrected chi connectivity index (χ3v) is 6.39. The van der Waals surface area contributed by atoms with Crippen molar-refractivity contribution in [2.75, 3.05) is 19.5 Å². The second-order valence-corrected chi connectivity index (χ2v) is 9.08. The average Bonchev–Trinajstić information content (AvgIpc) is 3.27. The summed E-state index contributed by atoms with van der Waals surface area (Å²) in [5.41, 5.74) is 2.77. The van der Waals surface area contributed by atoms with Gasteiger partial charge in [0.1, 0.15) is 5.82 Å². The lowest BCUT2D eigenvalue weighted by Crippen LogP contribution is -2.23. The number of rotatable bonds is 8. The molecule has 9 heteroatoms. The molecule has 180 valence electrons. The number of carbonyl (C=O) groups excluding carboxylic acids is 1. The molecule has 0 spiro atoms. The second kappa shape index (κ2) is 10.6. The predicted octanol–water partition coefficient (Wildman–Crippen LogP) is 5.52. The largest absolute Gasteiger partial charge is 0.493 e. The smallest absolute Gasteiger partial charge is 0.237 e. The molecule has 7 nitrogen and oxygen atoms in total. The van der Waals surface area contributed by atoms with Crippen molar-refractivity contribution in [2.24, 2.45) is 0 Å². The first-order chi connectivity index (χ1) is 16.9. The third-order valence-electron chi connectivity index (χ3n) is 5.34. The number of amides is 1. The monoisotopic (exact) mass is 492 g/mol. The summed E-state index contributed by atoms with van der Waals surface area (Å²) >= 11 is 1.23. The molecule has 0 fully saturated rings. The van der Waals surface area contributed by atoms with Gasteiger partial charge in [-0.25, -0.2) is 4.39 Å². The Labute approximate surface area is 207 Å². The van der Waals surface area contributed by atoms with E-state index in [0.717, 1.165) is 11.3 Å². The number of aromatic nitrogens is 3. The molecule has 4 rings (SSSR count). The van der Waals surface area contributed by atoms with E-state index in [-0.39, 0.29) is 5.91 Å². The fourth-order valence-electron chi connectivity index (χ4n) is 3.46. The predicted molar refractivity (Wildman–Crippen MR) is 135 cm³/mol. The second-order valence-electron chi connectivity index (χ2n) is 7.78. The topological polar surface area (TPSA) is 78.3 Å². The van der Waals surface area contributed by atoms with Crippen LogP contribution >= 0.6 is 11.8 Å². The molecular weight excluding hydrogens is 467 g/mol. The van der Waals surface area contributed by atoms with Crippen LogP contribution in [0.1, 0.15) is 12.5 Å². The number of anilines is 1. The van der Waals surface area contributed by atoms with E-state index in [0.29, 0.717) is 33.7 Å². The van der Waals surface area contributed by atoms with E-state index < -0.39 is 11.1 Å². The van der Waals surface area contributed by atoms with Gasteiger partial charge in [-0.3, -0.25) is 9.36 Å². The van der Waals surface area contributed by atoms with Crippen molar-refractivity contribution < 1.29 is 18.7 Å². The zero-order valence-electron chi connectivity index (χ0n) is 19.8. The third kappa shape index (κ3) is 5.30. The molecule has 1 aromatic heterocycles. The van der Waals surface area contributed by atoms with Gasteiger partial charge in [-0.2, -0.15) is 0 Å². The lowest BCUT2D eigenvalue weighted by atomic mass is 10.2. The lowest BCUT2D eigenvalue weighted by molar-refractivity contribution is -0.115. The molecule has 1 heterocycles. The zero-order valence-corrected chi connectivity index (χ0v) is 20.6. The number of hydrogen-bond acceptors (Lipinski definition) is 6. The Balaban J connectivity index is 1.63. The molecule has 4 aromatic rings. The molecule has 0 saturated carbocycles. The fraction of sp³-hybridized carbons (Fsp3) is 0.192. The van der Waals surface area contributed by atoms with E-state index in [9.17, 15) is 9.18 Å². The maximum atomic E-state index is 14.6. The summed E-state index contributed by atoms with van der Waals surface area (Å²) in [6.07, 6.45) is 0. The first-order valence-electron chi connectivity index (χ1n) is 10.9. The van der Waals surface area contributed by atoms with Crippen molar-refractivity contribution in [3.8, 4) is 28.6 Å². The Morgan fingerprint density at radius 2 is 1.71 bits per heavy atom. The van der Waals surface area contributed by atoms with Crippen molar-refractivity contribution >= 4 is 23.4 Å². The van der Waals surface area contributed by atoms with Crippen molar-refractivity contribution in [1.82, 2.24) is 14.8 Å². The van der Waals surface area contributed by atoms with Crippen LogP contribution in [0.2, 0.25) is 0 Å². The maximum absolute atomic E-state index is 14.6. The standard InChI is InChI=1S/C26H25FN4O3S/c1-16-9-12-19(13-10-16)31-24(20-7-5-6-8-21(20)27)29-30-26(31)35-17(2)25(32)28-18-11-14-22(33-3)23(15-18)34-4/h5-15,17H,1-4H3,(H,28,32). The van der Waals surface area contributed by atoms with Crippen LogP contribution < -0.4 is 14.8 Å². The van der Waals surface area contributed by atoms with Crippen LogP contribution in [0.25, 0.3) is 17.1 Å². The number of carbonyl (C=O) groups is 1. The van der Waals surface area contributed by atoms with Crippen LogP contribution in [0, 0.1) is 12.7 Å². The highest BCUT2D eigenvalue weighted by molar-refractivity contribution is 8.00. The molecular formula is C26H25FN4O3S. The van der Waals surface area contributed by atoms with Gasteiger partial charge in [0, 0.05) is 17.4 Å². The molecule has 1 unspecified atom stereocenters. The van der Waals surface area contributed by atoms with E-state index in [1.165, 1.54) is 24.9 Å². The van der Waals surface area contributed by atoms with Gasteiger partial charge in [-0.1, -0.05) is 41.6 Å². The molecule has 1 amide bonds. The van der Waals surface area contributed by atoms with Gasteiger partial charge in [0.25, 0.3) is 0 Å². The van der Waals surface area contributed by atoms with Crippen LogP contribution in [0.5, 0.6) is 11.5 Å². The summed E-state index contributed by atoms with van der Waals surface area (Å²) in [6, 6.07) is 19.3. The van der Waals surface area contributed by atoms with Crippen LogP contribution in [0.4, 0.5) is 10.1 Å². The summed E-state index contributed by atoms with van der Waals surface area (Å²) in [7, 11) is 3.08. The normalized spacial score (nSPS) is 11.7. The number of ether oxygens (including phenoxy) is 2. The SMILES string of the molecule is COc1ccc(NC(=O)C(C)Sc2nnc(-c3ccccc3F)n2-c2ccc(C)cc2)cc1OC. The van der Waals surface area contributed by atoms with Gasteiger partial charge in [0.15, 0.2) is 22.5 Å². The quantitative estimate of drug-likeness (QED) is 0.327. The highest BCUT2D eigenvalue weighted by Crippen LogP contribution is 2.33. The van der Waals surface area contributed by atoms with Gasteiger partial charge in [-0.15, -0.1) is 10.2 Å². The molecule has 3 aromatic carbocycles. The van der Waals surface area contributed by atoms with E-state index in [4.69, 9.17) is 9.47 Å². The summed E-state index contributed by atoms with van der Waals surface area (Å²) in [6.45, 7) is 3.77. The van der Waals surface area contributed by atoms with E-state index in [1.807, 2.05) is 31.2 Å². The Morgan fingerprint density at radius 1 is 1.00 bits per heavy atom. The molecule has 0 aliphatic carbocycles. The number of nitrogens with zero attached hydrogens (tertiary/aromatic N) is 3. The fourth-order valence-corrected chi connectivity index (χ4v) is 4.33. The van der Waals surface area contributed by atoms with Crippen LogP contribution in [0.3, 0.4) is 0 Å². The number of thioether (sulfide) groups is 1. The Bertz CT molecular complexity index is 1340. The van der Waals surface area contributed by atoms with Crippen molar-refractivity contribution in [3.05, 3.63) is 78.1 Å². The number of nitrogens with one attached hydrogen (secondary N) is 1. The minimum absolute atomic E-state index is 0.229. The van der Waals surface area contributed by atoms with Gasteiger partial charge < -0.3 is 14.8 Å². The van der Waals surface area contributed by atoms with Gasteiger partial charge in [-0.05, 0) is 50.2 Å². The van der Waals surface area contributed by atoms with Crippen molar-refractivity contribution in [2.45, 2.75) is 24.3 Å². The Kier molecular flexibility index (Phi) is 7.36. The molecule has 1 N–H and O–H groups in total. The van der Waals surface area contributed by atoms with Crippen LogP contribution in [-0.2, 0) is 4.79 Å². The maximum Gasteiger partial charge on any atom is 0.237 e. The summed E-state index contributed by atoms with van der Waals surface area (Å²) in [5, 5.41) is 11.4. The van der Waals surface area contributed by atoms with Crippen molar-refractivity contribution in [1.29, 1.82) is 0 Å². The molecule has 35 heavy (non-hydrogen) atoms. The number of benzene rings is 3. The van der Waals surface area contributed by atoms with Crippen LogP contribution in [0.15, 0.2) is 71.9 Å². The van der Waals surface area contributed by atoms with E-state index in [2.05, 4.69) is 15.5 Å². The molecule has 0 bridgehead atoms. The van der Waals surface area contributed by atoms with E-state index >= 15 is 0 Å². The molecule has 0 aliphatic heterocycles. The highest BCUT2D eigenvalue weighted by Gasteiger charge is 2.23. The summed E-state index contributed by atoms with van der Waals surface area (Å²) in [4.78, 5) is 13.0. The minimum atomic E-state index is -0.523. The highest BCUT2D eigenvalue weighted by atomic mass is 32.2. The summed E-state index contributed by atoms with van der Waals surface area (Å²) < 4.78 is 26.9. The Morgan fingerprint density at radius 3 is 2.40 bits per heavy atom. The first kappa shape index (κ1) is 24.3. The van der Waals surface area contributed by atoms with Crippen LogP contribution in [-0.4, -0.2) is 40.1 Å². The molecule has 0 saturated heterocycles. The zero-order chi connectivity index (χ0) is 24.9. The van der Waals surface area contributed by atoms with Gasteiger partial charge >= 0.3 is 0 Å². The summed E-state index contributed by atoms with van der Waals surface area (Å²) in [5.74, 6) is 0.818. The average molecular weight is 493 g/mol. The van der Waals surface area contributed by atoms with E-state index in [1.54, 1.807) is 55.0 Å². The molecule has 1 atom stereocenters. The molecule has 0 radical (unpaired) electrons. The first-order valence-corrected chi connectivity index (χ1v) is 11.8. The lowest BCUT2D eigenvalue weighted by Gasteiger charge is -2.15. The number of aryl methyl sites for hydroxylation is 1. The Hall–Kier alpha value is -3.85. The number of halogens is 1. The minimum Gasteiger partial charge on any atom is -0.493 e.